The van der Waals surface area contributed by atoms with Crippen LogP contribution in [0.5, 0.6) is 0 Å². The van der Waals surface area contributed by atoms with Gasteiger partial charge in [0, 0.05) is 31.3 Å². The summed E-state index contributed by atoms with van der Waals surface area (Å²) in [6.07, 6.45) is 5.99. The number of carboxylic acids is 1. The van der Waals surface area contributed by atoms with Gasteiger partial charge in [0.05, 0.1) is 12.4 Å². The maximum absolute atomic E-state index is 13.1. The van der Waals surface area contributed by atoms with E-state index in [0.29, 0.717) is 30.8 Å². The lowest BCUT2D eigenvalue weighted by atomic mass is 10.1. The quantitative estimate of drug-likeness (QED) is 0.168. The zero-order valence-electron chi connectivity index (χ0n) is 19.6. The highest BCUT2D eigenvalue weighted by molar-refractivity contribution is 7.98. The van der Waals surface area contributed by atoms with Crippen LogP contribution in [0.15, 0.2) is 12.5 Å². The number of thioether (sulfide) groups is 1. The summed E-state index contributed by atoms with van der Waals surface area (Å²) in [7, 11) is 0. The van der Waals surface area contributed by atoms with E-state index in [4.69, 9.17) is 11.5 Å². The number of carbonyl (C=O) groups excluding carboxylic acids is 4. The Labute approximate surface area is 207 Å². The highest BCUT2D eigenvalue weighted by atomic mass is 32.2. The number of carbonyl (C=O) groups is 5. The van der Waals surface area contributed by atoms with Crippen LogP contribution in [0.25, 0.3) is 0 Å². The molecule has 35 heavy (non-hydrogen) atoms. The zero-order valence-corrected chi connectivity index (χ0v) is 20.4. The predicted molar refractivity (Wildman–Crippen MR) is 128 cm³/mol. The lowest BCUT2D eigenvalue weighted by molar-refractivity contribution is -0.143. The monoisotopic (exact) mass is 511 g/mol. The fourth-order valence-electron chi connectivity index (χ4n) is 3.80. The van der Waals surface area contributed by atoms with E-state index in [1.807, 2.05) is 6.26 Å². The fourth-order valence-corrected chi connectivity index (χ4v) is 4.27. The fraction of sp³-hybridized carbons (Fsp3) is 0.619. The zero-order chi connectivity index (χ0) is 26.0. The summed E-state index contributed by atoms with van der Waals surface area (Å²) in [5.41, 5.74) is 11.6. The molecule has 194 valence electrons. The number of hydrogen-bond acceptors (Lipinski definition) is 8. The van der Waals surface area contributed by atoms with Gasteiger partial charge in [-0.05, 0) is 37.7 Å². The predicted octanol–water partition coefficient (Wildman–Crippen LogP) is -1.66. The Morgan fingerprint density at radius 1 is 1.26 bits per heavy atom. The van der Waals surface area contributed by atoms with E-state index in [-0.39, 0.29) is 25.7 Å². The molecular weight excluding hydrogens is 478 g/mol. The van der Waals surface area contributed by atoms with Gasteiger partial charge in [-0.2, -0.15) is 11.8 Å². The Balaban J connectivity index is 2.12. The Morgan fingerprint density at radius 3 is 2.60 bits per heavy atom. The lowest BCUT2D eigenvalue weighted by Gasteiger charge is -2.28. The number of H-pyrrole nitrogens is 1. The number of amides is 4. The number of aromatic amines is 1. The first-order chi connectivity index (χ1) is 16.6. The molecule has 0 saturated carbocycles. The van der Waals surface area contributed by atoms with Crippen LogP contribution in [0.1, 0.15) is 37.8 Å². The van der Waals surface area contributed by atoms with Crippen molar-refractivity contribution >= 4 is 41.4 Å². The minimum atomic E-state index is -1.17. The maximum Gasteiger partial charge on any atom is 0.326 e. The average Bonchev–Trinajstić information content (AvgIpc) is 3.51. The number of carboxylic acid groups (broad SMARTS) is 1. The maximum atomic E-state index is 13.1. The Bertz CT molecular complexity index is 897. The largest absolute Gasteiger partial charge is 0.480 e. The summed E-state index contributed by atoms with van der Waals surface area (Å²) in [6, 6.07) is -4.03. The van der Waals surface area contributed by atoms with Gasteiger partial charge in [-0.1, -0.05) is 0 Å². The second kappa shape index (κ2) is 13.7. The van der Waals surface area contributed by atoms with Crippen molar-refractivity contribution in [1.82, 2.24) is 25.5 Å². The molecular formula is C21H33N7O6S. The third-order valence-electron chi connectivity index (χ3n) is 5.69. The van der Waals surface area contributed by atoms with Gasteiger partial charge < -0.3 is 37.1 Å². The second-order valence-electron chi connectivity index (χ2n) is 8.32. The third kappa shape index (κ3) is 8.55. The van der Waals surface area contributed by atoms with Crippen molar-refractivity contribution in [3.63, 3.8) is 0 Å². The second-order valence-corrected chi connectivity index (χ2v) is 9.31. The highest BCUT2D eigenvalue weighted by Crippen LogP contribution is 2.19. The van der Waals surface area contributed by atoms with E-state index in [9.17, 15) is 29.1 Å². The summed E-state index contributed by atoms with van der Waals surface area (Å²) >= 11 is 1.45. The minimum absolute atomic E-state index is 0.0469. The summed E-state index contributed by atoms with van der Waals surface area (Å²) in [4.78, 5) is 69.6. The molecule has 1 fully saturated rings. The highest BCUT2D eigenvalue weighted by Gasteiger charge is 2.38. The SMILES string of the molecule is CSCCC(NC(=O)C(Cc1cnc[nH]1)NC(=O)C1CCCN1C(=O)C(N)CCC(N)=O)C(=O)O. The lowest BCUT2D eigenvalue weighted by Crippen LogP contribution is -2.57. The van der Waals surface area contributed by atoms with Crippen LogP contribution in [0, 0.1) is 0 Å². The van der Waals surface area contributed by atoms with Crippen LogP contribution in [0.4, 0.5) is 0 Å². The van der Waals surface area contributed by atoms with E-state index in [0.717, 1.165) is 0 Å². The summed E-state index contributed by atoms with van der Waals surface area (Å²) in [6.45, 7) is 0.314. The number of nitrogens with zero attached hydrogens (tertiary/aromatic N) is 2. The van der Waals surface area contributed by atoms with Crippen LogP contribution in [-0.4, -0.2) is 92.3 Å². The van der Waals surface area contributed by atoms with Crippen molar-refractivity contribution in [2.75, 3.05) is 18.6 Å². The minimum Gasteiger partial charge on any atom is -0.480 e. The third-order valence-corrected chi connectivity index (χ3v) is 6.34. The van der Waals surface area contributed by atoms with Crippen LogP contribution in [0.2, 0.25) is 0 Å². The van der Waals surface area contributed by atoms with Crippen molar-refractivity contribution in [2.24, 2.45) is 11.5 Å². The van der Waals surface area contributed by atoms with Crippen LogP contribution < -0.4 is 22.1 Å². The van der Waals surface area contributed by atoms with Gasteiger partial charge in [0.1, 0.15) is 18.1 Å². The molecule has 0 radical (unpaired) electrons. The first-order valence-corrected chi connectivity index (χ1v) is 12.7. The van der Waals surface area contributed by atoms with Gasteiger partial charge in [-0.25, -0.2) is 9.78 Å². The number of aromatic nitrogens is 2. The summed E-state index contributed by atoms with van der Waals surface area (Å²) in [5, 5.41) is 14.6. The molecule has 0 aliphatic carbocycles. The normalized spacial score (nSPS) is 17.9. The van der Waals surface area contributed by atoms with Crippen LogP contribution >= 0.6 is 11.8 Å². The molecule has 0 aromatic carbocycles. The Morgan fingerprint density at radius 2 is 2.00 bits per heavy atom. The number of likely N-dealkylation sites (tertiary alicyclic amines) is 1. The molecule has 4 atom stereocenters. The smallest absolute Gasteiger partial charge is 0.326 e. The topological polar surface area (TPSA) is 214 Å². The van der Waals surface area contributed by atoms with E-state index < -0.39 is 53.8 Å². The molecule has 1 aliphatic heterocycles. The van der Waals surface area contributed by atoms with Crippen LogP contribution in [-0.2, 0) is 30.4 Å². The van der Waals surface area contributed by atoms with Gasteiger partial charge in [-0.3, -0.25) is 19.2 Å². The number of aliphatic carboxylic acids is 1. The number of hydrogen-bond donors (Lipinski definition) is 6. The molecule has 1 aromatic heterocycles. The number of nitrogens with one attached hydrogen (secondary N) is 3. The van der Waals surface area contributed by atoms with Crippen molar-refractivity contribution in [3.8, 4) is 0 Å². The van der Waals surface area contributed by atoms with Crippen molar-refractivity contribution in [3.05, 3.63) is 18.2 Å². The molecule has 1 aliphatic rings. The molecule has 13 nitrogen and oxygen atoms in total. The molecule has 8 N–H and O–H groups in total. The van der Waals surface area contributed by atoms with Crippen molar-refractivity contribution in [2.45, 2.75) is 62.7 Å². The number of primary amides is 1. The summed E-state index contributed by atoms with van der Waals surface area (Å²) in [5.74, 6) is -2.89. The van der Waals surface area contributed by atoms with Gasteiger partial charge in [0.15, 0.2) is 0 Å². The van der Waals surface area contributed by atoms with Crippen LogP contribution in [0.3, 0.4) is 0 Å². The van der Waals surface area contributed by atoms with E-state index in [2.05, 4.69) is 20.6 Å². The van der Waals surface area contributed by atoms with Crippen molar-refractivity contribution < 1.29 is 29.1 Å². The number of rotatable bonds is 14. The van der Waals surface area contributed by atoms with Crippen molar-refractivity contribution in [1.29, 1.82) is 0 Å². The van der Waals surface area contributed by atoms with E-state index >= 15 is 0 Å². The standard InChI is InChI=1S/C21H33N7O6S/c1-35-8-6-14(21(33)34)26-18(30)15(9-12-10-24-11-25-12)27-19(31)16-3-2-7-28(16)20(32)13(22)4-5-17(23)29/h10-11,13-16H,2-9,22H2,1H3,(H2,23,29)(H,24,25)(H,26,30)(H,27,31)(H,33,34). The number of imidazole rings is 1. The average molecular weight is 512 g/mol. The molecule has 4 unspecified atom stereocenters. The van der Waals surface area contributed by atoms with Gasteiger partial charge in [0.2, 0.25) is 23.6 Å². The molecule has 0 bridgehead atoms. The van der Waals surface area contributed by atoms with Gasteiger partial charge in [-0.15, -0.1) is 0 Å². The molecule has 2 heterocycles. The number of nitrogens with two attached hydrogens (primary N) is 2. The summed E-state index contributed by atoms with van der Waals surface area (Å²) < 4.78 is 0. The van der Waals surface area contributed by atoms with Gasteiger partial charge in [0.25, 0.3) is 0 Å². The molecule has 1 saturated heterocycles. The molecule has 14 heteroatoms. The van der Waals surface area contributed by atoms with E-state index in [1.54, 1.807) is 0 Å². The van der Waals surface area contributed by atoms with E-state index in [1.165, 1.54) is 29.2 Å². The molecule has 0 spiro atoms. The van der Waals surface area contributed by atoms with Gasteiger partial charge >= 0.3 is 5.97 Å². The Kier molecular flexibility index (Phi) is 11.0. The first-order valence-electron chi connectivity index (χ1n) is 11.3. The Hall–Kier alpha value is -3.13. The molecule has 2 rings (SSSR count). The first kappa shape index (κ1) is 28.1. The molecule has 4 amide bonds. The molecule has 1 aromatic rings.